The average Bonchev–Trinajstić information content (AvgIpc) is 3.07. The van der Waals surface area contributed by atoms with Crippen LogP contribution in [0.3, 0.4) is 0 Å². The molecule has 1 aromatic carbocycles. The van der Waals surface area contributed by atoms with Gasteiger partial charge in [-0.1, -0.05) is 38.1 Å². The minimum absolute atomic E-state index is 0.0478. The van der Waals surface area contributed by atoms with Crippen molar-refractivity contribution < 1.29 is 36.2 Å². The number of rotatable bonds is 3. The third-order valence-corrected chi connectivity index (χ3v) is 4.30. The molecule has 0 saturated carbocycles. The van der Waals surface area contributed by atoms with E-state index in [0.717, 1.165) is 37.2 Å². The van der Waals surface area contributed by atoms with Crippen molar-refractivity contribution >= 4 is 12.0 Å². The third-order valence-electron chi connectivity index (χ3n) is 4.30. The number of nitrogens with one attached hydrogen (secondary N) is 1. The SMILES string of the molecule is CC(C)(/C=C/c1ccc(C(F)(F)F)cc1)[C@H]1CCNC1.O=C(O)C(F)(F)F. The first-order valence-corrected chi connectivity index (χ1v) is 8.11. The van der Waals surface area contributed by atoms with Gasteiger partial charge in [-0.05, 0) is 48.5 Å². The van der Waals surface area contributed by atoms with E-state index in [0.29, 0.717) is 5.92 Å². The van der Waals surface area contributed by atoms with Crippen LogP contribution < -0.4 is 5.32 Å². The summed E-state index contributed by atoms with van der Waals surface area (Å²) < 4.78 is 69.2. The van der Waals surface area contributed by atoms with E-state index in [1.165, 1.54) is 12.1 Å². The van der Waals surface area contributed by atoms with Gasteiger partial charge in [-0.2, -0.15) is 26.3 Å². The van der Waals surface area contributed by atoms with Gasteiger partial charge in [0.25, 0.3) is 0 Å². The Morgan fingerprint density at radius 2 is 1.63 bits per heavy atom. The minimum Gasteiger partial charge on any atom is -0.475 e. The van der Waals surface area contributed by atoms with Crippen LogP contribution in [0.1, 0.15) is 31.4 Å². The number of aliphatic carboxylic acids is 1. The van der Waals surface area contributed by atoms with E-state index in [9.17, 15) is 26.3 Å². The summed E-state index contributed by atoms with van der Waals surface area (Å²) in [7, 11) is 0. The molecule has 2 N–H and O–H groups in total. The molecule has 1 aliphatic heterocycles. The lowest BCUT2D eigenvalue weighted by atomic mass is 9.78. The van der Waals surface area contributed by atoms with Crippen LogP contribution in [-0.2, 0) is 11.0 Å². The summed E-state index contributed by atoms with van der Waals surface area (Å²) in [5, 5.41) is 10.5. The highest BCUT2D eigenvalue weighted by Crippen LogP contribution is 2.34. The number of halogens is 6. The first-order valence-electron chi connectivity index (χ1n) is 8.11. The molecule has 2 rings (SSSR count). The van der Waals surface area contributed by atoms with Crippen molar-refractivity contribution in [1.82, 2.24) is 5.32 Å². The van der Waals surface area contributed by atoms with Crippen LogP contribution in [0.4, 0.5) is 26.3 Å². The zero-order chi connectivity index (χ0) is 20.9. The fraction of sp³-hybridized carbons (Fsp3) is 0.500. The van der Waals surface area contributed by atoms with E-state index < -0.39 is 23.9 Å². The molecular formula is C18H21F6NO2. The molecule has 0 amide bonds. The van der Waals surface area contributed by atoms with Crippen LogP contribution in [0.15, 0.2) is 30.3 Å². The fourth-order valence-corrected chi connectivity index (χ4v) is 2.52. The Kier molecular flexibility index (Phi) is 7.48. The summed E-state index contributed by atoms with van der Waals surface area (Å²) in [6.45, 7) is 6.39. The van der Waals surface area contributed by atoms with Gasteiger partial charge in [0.1, 0.15) is 0 Å². The number of carboxylic acid groups (broad SMARTS) is 1. The molecule has 0 bridgehead atoms. The second-order valence-corrected chi connectivity index (χ2v) is 6.77. The molecule has 3 nitrogen and oxygen atoms in total. The molecule has 1 heterocycles. The average molecular weight is 397 g/mol. The van der Waals surface area contributed by atoms with Crippen LogP contribution in [-0.4, -0.2) is 30.3 Å². The topological polar surface area (TPSA) is 49.3 Å². The van der Waals surface area contributed by atoms with Crippen molar-refractivity contribution in [1.29, 1.82) is 0 Å². The second-order valence-electron chi connectivity index (χ2n) is 6.77. The molecule has 1 atom stereocenters. The summed E-state index contributed by atoms with van der Waals surface area (Å²) in [5.41, 5.74) is 0.248. The lowest BCUT2D eigenvalue weighted by Gasteiger charge is -2.27. The molecule has 27 heavy (non-hydrogen) atoms. The van der Waals surface area contributed by atoms with E-state index in [1.54, 1.807) is 0 Å². The zero-order valence-corrected chi connectivity index (χ0v) is 14.8. The molecular weight excluding hydrogens is 376 g/mol. The molecule has 0 aromatic heterocycles. The summed E-state index contributed by atoms with van der Waals surface area (Å²) >= 11 is 0. The molecule has 1 fully saturated rings. The third kappa shape index (κ3) is 7.62. The number of hydrogen-bond acceptors (Lipinski definition) is 2. The number of allylic oxidation sites excluding steroid dienone is 1. The maximum Gasteiger partial charge on any atom is 0.490 e. The normalized spacial score (nSPS) is 18.3. The minimum atomic E-state index is -5.08. The van der Waals surface area contributed by atoms with Crippen LogP contribution in [0.2, 0.25) is 0 Å². The van der Waals surface area contributed by atoms with Gasteiger partial charge < -0.3 is 10.4 Å². The lowest BCUT2D eigenvalue weighted by molar-refractivity contribution is -0.192. The van der Waals surface area contributed by atoms with Gasteiger partial charge in [0, 0.05) is 0 Å². The highest BCUT2D eigenvalue weighted by atomic mass is 19.4. The Balaban J connectivity index is 0.000000445. The molecule has 152 valence electrons. The molecule has 1 aromatic rings. The van der Waals surface area contributed by atoms with Crippen molar-refractivity contribution in [2.75, 3.05) is 13.1 Å². The van der Waals surface area contributed by atoms with Crippen molar-refractivity contribution in [3.8, 4) is 0 Å². The number of alkyl halides is 6. The summed E-state index contributed by atoms with van der Waals surface area (Å²) in [4.78, 5) is 8.90. The van der Waals surface area contributed by atoms with Crippen molar-refractivity contribution in [3.63, 3.8) is 0 Å². The number of hydrogen-bond donors (Lipinski definition) is 2. The summed E-state index contributed by atoms with van der Waals surface area (Å²) in [5.74, 6) is -2.18. The van der Waals surface area contributed by atoms with Crippen LogP contribution in [0, 0.1) is 11.3 Å². The maximum absolute atomic E-state index is 12.5. The Hall–Kier alpha value is -2.03. The predicted octanol–water partition coefficient (Wildman–Crippen LogP) is 4.99. The monoisotopic (exact) mass is 397 g/mol. The van der Waals surface area contributed by atoms with Gasteiger partial charge in [-0.25, -0.2) is 4.79 Å². The van der Waals surface area contributed by atoms with Crippen molar-refractivity contribution in [3.05, 3.63) is 41.5 Å². The fourth-order valence-electron chi connectivity index (χ4n) is 2.52. The van der Waals surface area contributed by atoms with Crippen molar-refractivity contribution in [2.24, 2.45) is 11.3 Å². The van der Waals surface area contributed by atoms with Crippen LogP contribution in [0.25, 0.3) is 6.08 Å². The summed E-state index contributed by atoms with van der Waals surface area (Å²) in [6.07, 6.45) is -4.19. The Labute approximate surface area is 153 Å². The first-order chi connectivity index (χ1) is 12.2. The van der Waals surface area contributed by atoms with Gasteiger partial charge >= 0.3 is 18.3 Å². The van der Waals surface area contributed by atoms with Crippen LogP contribution >= 0.6 is 0 Å². The predicted molar refractivity (Wildman–Crippen MR) is 88.9 cm³/mol. The van der Waals surface area contributed by atoms with Crippen molar-refractivity contribution in [2.45, 2.75) is 32.6 Å². The molecule has 1 saturated heterocycles. The quantitative estimate of drug-likeness (QED) is 0.707. The smallest absolute Gasteiger partial charge is 0.475 e. The van der Waals surface area contributed by atoms with Gasteiger partial charge in [0.05, 0.1) is 5.56 Å². The van der Waals surface area contributed by atoms with E-state index in [1.807, 2.05) is 6.08 Å². The van der Waals surface area contributed by atoms with E-state index in [2.05, 4.69) is 25.2 Å². The molecule has 1 aliphatic rings. The number of carbonyl (C=O) groups is 1. The molecule has 0 spiro atoms. The summed E-state index contributed by atoms with van der Waals surface area (Å²) in [6, 6.07) is 5.29. The van der Waals surface area contributed by atoms with Gasteiger partial charge in [0.2, 0.25) is 0 Å². The highest BCUT2D eigenvalue weighted by molar-refractivity contribution is 5.73. The lowest BCUT2D eigenvalue weighted by Crippen LogP contribution is -2.23. The molecule has 0 unspecified atom stereocenters. The first kappa shape index (κ1) is 23.0. The van der Waals surface area contributed by atoms with Gasteiger partial charge in [-0.15, -0.1) is 0 Å². The Morgan fingerprint density at radius 3 is 2.00 bits per heavy atom. The molecule has 0 radical (unpaired) electrons. The Bertz CT molecular complexity index is 641. The zero-order valence-electron chi connectivity index (χ0n) is 14.8. The van der Waals surface area contributed by atoms with E-state index >= 15 is 0 Å². The highest BCUT2D eigenvalue weighted by Gasteiger charge is 2.38. The van der Waals surface area contributed by atoms with E-state index in [-0.39, 0.29) is 5.41 Å². The van der Waals surface area contributed by atoms with Crippen LogP contribution in [0.5, 0.6) is 0 Å². The standard InChI is InChI=1S/C16H20F3N.C2HF3O2/c1-15(2,14-8-10-20-11-14)9-7-12-3-5-13(6-4-12)16(17,18)19;3-2(4,5)1(6)7/h3-7,9,14,20H,8,10-11H2,1-2H3;(H,6,7)/b9-7+;/t14-;/m0./s1. The van der Waals surface area contributed by atoms with Gasteiger partial charge in [0.15, 0.2) is 0 Å². The number of benzene rings is 1. The Morgan fingerprint density at radius 1 is 1.11 bits per heavy atom. The molecule has 0 aliphatic carbocycles. The van der Waals surface area contributed by atoms with Gasteiger partial charge in [-0.3, -0.25) is 0 Å². The largest absolute Gasteiger partial charge is 0.490 e. The molecule has 9 heteroatoms. The second kappa shape index (κ2) is 8.77. The van der Waals surface area contributed by atoms with E-state index in [4.69, 9.17) is 9.90 Å². The number of carboxylic acids is 1. The maximum atomic E-state index is 12.5.